The van der Waals surface area contributed by atoms with Gasteiger partial charge in [-0.2, -0.15) is 0 Å². The normalized spacial score (nSPS) is 10.2. The van der Waals surface area contributed by atoms with Crippen molar-refractivity contribution in [3.63, 3.8) is 0 Å². The average Bonchev–Trinajstić information content (AvgIpc) is 2.58. The van der Waals surface area contributed by atoms with Crippen LogP contribution in [0.4, 0.5) is 11.4 Å². The van der Waals surface area contributed by atoms with E-state index in [1.54, 1.807) is 42.5 Å². The Hall–Kier alpha value is -2.86. The molecule has 0 fully saturated rings. The number of halogens is 1. The van der Waals surface area contributed by atoms with Gasteiger partial charge in [0.05, 0.1) is 6.42 Å². The van der Waals surface area contributed by atoms with Gasteiger partial charge in [0.15, 0.2) is 0 Å². The molecule has 0 heterocycles. The summed E-state index contributed by atoms with van der Waals surface area (Å²) in [5.41, 5.74) is 2.32. The van der Waals surface area contributed by atoms with E-state index in [-0.39, 0.29) is 18.7 Å². The number of rotatable bonds is 6. The molecule has 6 nitrogen and oxygen atoms in total. The van der Waals surface area contributed by atoms with E-state index >= 15 is 0 Å². The molecule has 0 bridgehead atoms. The fourth-order valence-electron chi connectivity index (χ4n) is 2.09. The number of hydrogen-bond acceptors (Lipinski definition) is 3. The Morgan fingerprint density at radius 3 is 2.32 bits per heavy atom. The summed E-state index contributed by atoms with van der Waals surface area (Å²) < 4.78 is 0. The van der Waals surface area contributed by atoms with Crippen LogP contribution >= 0.6 is 11.6 Å². The molecule has 0 spiro atoms. The Morgan fingerprint density at radius 2 is 1.68 bits per heavy atom. The van der Waals surface area contributed by atoms with E-state index in [9.17, 15) is 14.4 Å². The van der Waals surface area contributed by atoms with Crippen molar-refractivity contribution in [3.8, 4) is 0 Å². The lowest BCUT2D eigenvalue weighted by Gasteiger charge is -2.10. The first-order valence-electron chi connectivity index (χ1n) is 7.55. The maximum Gasteiger partial charge on any atom is 0.303 e. The molecule has 0 saturated heterocycles. The zero-order valence-corrected chi connectivity index (χ0v) is 14.3. The van der Waals surface area contributed by atoms with E-state index in [0.29, 0.717) is 22.0 Å². The van der Waals surface area contributed by atoms with E-state index in [1.807, 2.05) is 6.92 Å². The smallest absolute Gasteiger partial charge is 0.303 e. The van der Waals surface area contributed by atoms with Gasteiger partial charge in [-0.1, -0.05) is 17.7 Å². The van der Waals surface area contributed by atoms with Crippen molar-refractivity contribution in [1.82, 2.24) is 0 Å². The SMILES string of the molecule is Cc1c(Cl)cccc1NC(=O)c1ccc(NC(=O)CCC(=O)O)cc1. The first-order chi connectivity index (χ1) is 11.9. The molecule has 2 rings (SSSR count). The number of carbonyl (C=O) groups excluding carboxylic acids is 2. The number of carboxylic acid groups (broad SMARTS) is 1. The van der Waals surface area contributed by atoms with Crippen LogP contribution in [0.25, 0.3) is 0 Å². The van der Waals surface area contributed by atoms with Crippen LogP contribution in [0.15, 0.2) is 42.5 Å². The lowest BCUT2D eigenvalue weighted by atomic mass is 10.1. The van der Waals surface area contributed by atoms with E-state index < -0.39 is 11.9 Å². The second-order valence-corrected chi connectivity index (χ2v) is 5.79. The maximum absolute atomic E-state index is 12.3. The van der Waals surface area contributed by atoms with Gasteiger partial charge in [0.25, 0.3) is 5.91 Å². The lowest BCUT2D eigenvalue weighted by Crippen LogP contribution is -2.14. The number of amides is 2. The minimum Gasteiger partial charge on any atom is -0.481 e. The van der Waals surface area contributed by atoms with Crippen molar-refractivity contribution in [1.29, 1.82) is 0 Å². The van der Waals surface area contributed by atoms with Crippen molar-refractivity contribution in [2.24, 2.45) is 0 Å². The molecule has 3 N–H and O–H groups in total. The molecular formula is C18H17ClN2O4. The maximum atomic E-state index is 12.3. The van der Waals surface area contributed by atoms with Gasteiger partial charge in [-0.3, -0.25) is 14.4 Å². The van der Waals surface area contributed by atoms with E-state index in [1.165, 1.54) is 0 Å². The number of anilines is 2. The van der Waals surface area contributed by atoms with Gasteiger partial charge in [0, 0.05) is 28.4 Å². The predicted octanol–water partition coefficient (Wildman–Crippen LogP) is 3.70. The molecule has 0 unspecified atom stereocenters. The number of carbonyl (C=O) groups is 3. The van der Waals surface area contributed by atoms with Crippen LogP contribution in [0.5, 0.6) is 0 Å². The summed E-state index contributed by atoms with van der Waals surface area (Å²) in [7, 11) is 0. The highest BCUT2D eigenvalue weighted by Gasteiger charge is 2.10. The Bertz CT molecular complexity index is 803. The van der Waals surface area contributed by atoms with Gasteiger partial charge in [-0.15, -0.1) is 0 Å². The second kappa shape index (κ2) is 8.30. The number of aliphatic carboxylic acids is 1. The van der Waals surface area contributed by atoms with E-state index in [2.05, 4.69) is 10.6 Å². The summed E-state index contributed by atoms with van der Waals surface area (Å²) in [4.78, 5) is 34.3. The minimum absolute atomic E-state index is 0.106. The van der Waals surface area contributed by atoms with Crippen molar-refractivity contribution < 1.29 is 19.5 Å². The average molecular weight is 361 g/mol. The number of hydrogen-bond donors (Lipinski definition) is 3. The zero-order chi connectivity index (χ0) is 18.4. The molecule has 2 amide bonds. The van der Waals surface area contributed by atoms with E-state index in [4.69, 9.17) is 16.7 Å². The molecule has 0 aliphatic rings. The van der Waals surface area contributed by atoms with Crippen molar-refractivity contribution in [2.75, 3.05) is 10.6 Å². The Kier molecular flexibility index (Phi) is 6.14. The Morgan fingerprint density at radius 1 is 1.00 bits per heavy atom. The highest BCUT2D eigenvalue weighted by molar-refractivity contribution is 6.31. The van der Waals surface area contributed by atoms with Gasteiger partial charge >= 0.3 is 5.97 Å². The van der Waals surface area contributed by atoms with E-state index in [0.717, 1.165) is 5.56 Å². The highest BCUT2D eigenvalue weighted by atomic mass is 35.5. The largest absolute Gasteiger partial charge is 0.481 e. The molecule has 0 radical (unpaired) electrons. The molecule has 0 aliphatic carbocycles. The molecule has 25 heavy (non-hydrogen) atoms. The van der Waals surface area contributed by atoms with Crippen molar-refractivity contribution in [3.05, 3.63) is 58.6 Å². The summed E-state index contributed by atoms with van der Waals surface area (Å²) in [5, 5.41) is 14.5. The van der Waals surface area contributed by atoms with Gasteiger partial charge in [0.2, 0.25) is 5.91 Å². The first kappa shape index (κ1) is 18.5. The minimum atomic E-state index is -1.03. The molecule has 0 atom stereocenters. The van der Waals surface area contributed by atoms with Crippen LogP contribution in [0, 0.1) is 6.92 Å². The molecule has 7 heteroatoms. The Balaban J connectivity index is 1.99. The summed E-state index contributed by atoms with van der Waals surface area (Å²) >= 11 is 6.03. The molecule has 0 aromatic heterocycles. The fraction of sp³-hybridized carbons (Fsp3) is 0.167. The van der Waals surface area contributed by atoms with Crippen LogP contribution in [0.2, 0.25) is 5.02 Å². The van der Waals surface area contributed by atoms with Crippen LogP contribution in [0.3, 0.4) is 0 Å². The summed E-state index contributed by atoms with van der Waals surface area (Å²) in [5.74, 6) is -1.72. The number of carboxylic acids is 1. The fourth-order valence-corrected chi connectivity index (χ4v) is 2.26. The third-order valence-electron chi connectivity index (χ3n) is 3.51. The summed E-state index contributed by atoms with van der Waals surface area (Å²) in [6, 6.07) is 11.6. The van der Waals surface area contributed by atoms with Crippen LogP contribution in [0.1, 0.15) is 28.8 Å². The molecular weight excluding hydrogens is 344 g/mol. The quantitative estimate of drug-likeness (QED) is 0.731. The first-order valence-corrected chi connectivity index (χ1v) is 7.93. The lowest BCUT2D eigenvalue weighted by molar-refractivity contribution is -0.138. The third-order valence-corrected chi connectivity index (χ3v) is 3.92. The second-order valence-electron chi connectivity index (χ2n) is 5.39. The number of nitrogens with one attached hydrogen (secondary N) is 2. The number of benzene rings is 2. The predicted molar refractivity (Wildman–Crippen MR) is 96.1 cm³/mol. The van der Waals surface area contributed by atoms with Crippen molar-refractivity contribution >= 4 is 40.8 Å². The Labute approximate surface area is 149 Å². The van der Waals surface area contributed by atoms with Gasteiger partial charge in [-0.05, 0) is 48.9 Å². The van der Waals surface area contributed by atoms with Gasteiger partial charge < -0.3 is 15.7 Å². The molecule has 2 aromatic rings. The summed E-state index contributed by atoms with van der Waals surface area (Å²) in [6.45, 7) is 1.81. The summed E-state index contributed by atoms with van der Waals surface area (Å²) in [6.07, 6.45) is -0.336. The highest BCUT2D eigenvalue weighted by Crippen LogP contribution is 2.23. The van der Waals surface area contributed by atoms with Gasteiger partial charge in [-0.25, -0.2) is 0 Å². The third kappa shape index (κ3) is 5.32. The standard InChI is InChI=1S/C18H17ClN2O4/c1-11-14(19)3-2-4-15(11)21-18(25)12-5-7-13(8-6-12)20-16(22)9-10-17(23)24/h2-8H,9-10H2,1H3,(H,20,22)(H,21,25)(H,23,24). The topological polar surface area (TPSA) is 95.5 Å². The van der Waals surface area contributed by atoms with Gasteiger partial charge in [0.1, 0.15) is 0 Å². The van der Waals surface area contributed by atoms with Crippen molar-refractivity contribution in [2.45, 2.75) is 19.8 Å². The monoisotopic (exact) mass is 360 g/mol. The molecule has 0 saturated carbocycles. The molecule has 0 aliphatic heterocycles. The zero-order valence-electron chi connectivity index (χ0n) is 13.5. The molecule has 2 aromatic carbocycles. The van der Waals surface area contributed by atoms with Crippen LogP contribution in [-0.2, 0) is 9.59 Å². The molecule has 130 valence electrons. The van der Waals surface area contributed by atoms with Crippen LogP contribution < -0.4 is 10.6 Å². The van der Waals surface area contributed by atoms with Crippen LogP contribution in [-0.4, -0.2) is 22.9 Å².